The first-order valence-electron chi connectivity index (χ1n) is 10.4. The van der Waals surface area contributed by atoms with Crippen LogP contribution in [-0.4, -0.2) is 54.7 Å². The van der Waals surface area contributed by atoms with E-state index >= 15 is 0 Å². The third-order valence-corrected chi connectivity index (χ3v) is 7.29. The second kappa shape index (κ2) is 9.29. The van der Waals surface area contributed by atoms with Crippen LogP contribution in [0.1, 0.15) is 43.5 Å². The lowest BCUT2D eigenvalue weighted by molar-refractivity contribution is 0.156. The molecule has 0 bridgehead atoms. The van der Waals surface area contributed by atoms with Crippen LogP contribution in [0.3, 0.4) is 0 Å². The van der Waals surface area contributed by atoms with Crippen molar-refractivity contribution in [1.82, 2.24) is 13.8 Å². The van der Waals surface area contributed by atoms with Gasteiger partial charge >= 0.3 is 6.03 Å². The van der Waals surface area contributed by atoms with Gasteiger partial charge in [0.1, 0.15) is 5.75 Å². The number of rotatable bonds is 7. The highest BCUT2D eigenvalue weighted by molar-refractivity contribution is 7.89. The fourth-order valence-corrected chi connectivity index (χ4v) is 4.34. The molecule has 0 aliphatic carbocycles. The maximum atomic E-state index is 13.2. The van der Waals surface area contributed by atoms with E-state index in [-0.39, 0.29) is 18.0 Å². The minimum absolute atomic E-state index is 0.00728. The Bertz CT molecular complexity index is 1050. The smallest absolute Gasteiger partial charge is 0.337 e. The Labute approximate surface area is 195 Å². The number of hydrogen-bond donors (Lipinski definition) is 0. The molecule has 1 fully saturated rings. The molecule has 1 unspecified atom stereocenters. The zero-order chi connectivity index (χ0) is 23.7. The highest BCUT2D eigenvalue weighted by Crippen LogP contribution is 2.33. The SMILES string of the molecule is COc1ccc(CCN2C(=O)N(N(Cl)S(C)(=O)=O)CC2c2ccc(C(C)(C)C)cc2)cc1. The lowest BCUT2D eigenvalue weighted by Crippen LogP contribution is -2.43. The van der Waals surface area contributed by atoms with Gasteiger partial charge in [-0.25, -0.2) is 18.2 Å². The van der Waals surface area contributed by atoms with E-state index < -0.39 is 16.1 Å². The first-order valence-corrected chi connectivity index (χ1v) is 12.6. The Morgan fingerprint density at radius 1 is 1.09 bits per heavy atom. The van der Waals surface area contributed by atoms with Crippen LogP contribution in [0, 0.1) is 0 Å². The zero-order valence-corrected chi connectivity index (χ0v) is 20.7. The number of carbonyl (C=O) groups excluding carboxylic acids is 1. The van der Waals surface area contributed by atoms with Crippen LogP contribution >= 0.6 is 11.8 Å². The largest absolute Gasteiger partial charge is 0.497 e. The van der Waals surface area contributed by atoms with E-state index in [0.29, 0.717) is 16.9 Å². The zero-order valence-electron chi connectivity index (χ0n) is 19.1. The molecule has 0 aromatic heterocycles. The van der Waals surface area contributed by atoms with Crippen LogP contribution in [0.2, 0.25) is 0 Å². The molecule has 2 aromatic rings. The summed E-state index contributed by atoms with van der Waals surface area (Å²) in [4.78, 5) is 14.8. The highest BCUT2D eigenvalue weighted by Gasteiger charge is 2.43. The van der Waals surface area contributed by atoms with Crippen LogP contribution < -0.4 is 4.74 Å². The number of carbonyl (C=O) groups is 1. The number of urea groups is 1. The lowest BCUT2D eigenvalue weighted by atomic mass is 9.86. The van der Waals surface area contributed by atoms with Crippen molar-refractivity contribution >= 4 is 27.8 Å². The molecule has 0 spiro atoms. The molecule has 0 N–H and O–H groups in total. The van der Waals surface area contributed by atoms with E-state index in [9.17, 15) is 13.2 Å². The van der Waals surface area contributed by atoms with Gasteiger partial charge in [-0.2, -0.15) is 0 Å². The van der Waals surface area contributed by atoms with Gasteiger partial charge in [-0.1, -0.05) is 57.2 Å². The summed E-state index contributed by atoms with van der Waals surface area (Å²) in [6.45, 7) is 6.99. The van der Waals surface area contributed by atoms with E-state index in [2.05, 4.69) is 32.9 Å². The third kappa shape index (κ3) is 5.36. The fraction of sp³-hybridized carbons (Fsp3) is 0.435. The third-order valence-electron chi connectivity index (χ3n) is 5.61. The molecule has 0 saturated carbocycles. The number of hydrazine groups is 1. The molecule has 1 aliphatic rings. The van der Waals surface area contributed by atoms with Gasteiger partial charge in [0.2, 0.25) is 10.0 Å². The maximum Gasteiger partial charge on any atom is 0.337 e. The van der Waals surface area contributed by atoms with E-state index in [1.807, 2.05) is 36.4 Å². The Balaban J connectivity index is 1.87. The molecule has 1 heterocycles. The van der Waals surface area contributed by atoms with Crippen molar-refractivity contribution in [2.45, 2.75) is 38.6 Å². The molecule has 0 radical (unpaired) electrons. The minimum Gasteiger partial charge on any atom is -0.497 e. The quantitative estimate of drug-likeness (QED) is 0.554. The lowest BCUT2D eigenvalue weighted by Gasteiger charge is -2.25. The number of ether oxygens (including phenoxy) is 1. The van der Waals surface area contributed by atoms with Gasteiger partial charge in [0, 0.05) is 18.3 Å². The summed E-state index contributed by atoms with van der Waals surface area (Å²) in [5, 5.41) is 1.08. The topological polar surface area (TPSA) is 70.2 Å². The van der Waals surface area contributed by atoms with Crippen molar-refractivity contribution in [2.24, 2.45) is 0 Å². The Morgan fingerprint density at radius 3 is 2.19 bits per heavy atom. The molecule has 2 aromatic carbocycles. The number of amides is 2. The maximum absolute atomic E-state index is 13.2. The summed E-state index contributed by atoms with van der Waals surface area (Å²) < 4.78 is 29.7. The van der Waals surface area contributed by atoms with E-state index in [4.69, 9.17) is 16.5 Å². The van der Waals surface area contributed by atoms with Gasteiger partial charge in [-0.05, 0) is 44.6 Å². The predicted molar refractivity (Wildman–Crippen MR) is 126 cm³/mol. The van der Waals surface area contributed by atoms with Crippen molar-refractivity contribution in [2.75, 3.05) is 26.5 Å². The number of hydrogen-bond acceptors (Lipinski definition) is 4. The molecular weight excluding hydrogens is 450 g/mol. The van der Waals surface area contributed by atoms with Crippen LogP contribution in [0.25, 0.3) is 0 Å². The van der Waals surface area contributed by atoms with Crippen molar-refractivity contribution in [3.8, 4) is 5.75 Å². The molecule has 174 valence electrons. The average molecular weight is 480 g/mol. The molecule has 1 saturated heterocycles. The average Bonchev–Trinajstić information content (AvgIpc) is 3.07. The van der Waals surface area contributed by atoms with Gasteiger partial charge in [0.25, 0.3) is 0 Å². The molecule has 1 aliphatic heterocycles. The standard InChI is InChI=1S/C23H30ClN3O4S/c1-23(2,3)19-10-8-18(9-11-19)21-16-26(27(24)32(5,29)30)22(28)25(21)15-14-17-6-12-20(31-4)13-7-17/h6-13,21H,14-16H2,1-5H3. The van der Waals surface area contributed by atoms with Gasteiger partial charge in [0.05, 0.1) is 26.0 Å². The number of nitrogens with zero attached hydrogens (tertiary/aromatic N) is 3. The summed E-state index contributed by atoms with van der Waals surface area (Å²) in [6.07, 6.45) is 1.59. The minimum atomic E-state index is -3.79. The fourth-order valence-electron chi connectivity index (χ4n) is 3.72. The normalized spacial score (nSPS) is 17.3. The Kier molecular flexibility index (Phi) is 7.07. The highest BCUT2D eigenvalue weighted by atomic mass is 35.5. The molecule has 9 heteroatoms. The summed E-state index contributed by atoms with van der Waals surface area (Å²) in [5.74, 6) is 0.764. The van der Waals surface area contributed by atoms with Gasteiger partial charge in [-0.15, -0.1) is 0 Å². The molecule has 1 atom stereocenters. The Hall–Kier alpha value is -2.29. The predicted octanol–water partition coefficient (Wildman–Crippen LogP) is 4.34. The van der Waals surface area contributed by atoms with Crippen LogP contribution in [0.5, 0.6) is 5.75 Å². The Morgan fingerprint density at radius 2 is 1.69 bits per heavy atom. The number of benzene rings is 2. The van der Waals surface area contributed by atoms with Crippen LogP contribution in [-0.2, 0) is 21.9 Å². The second-order valence-electron chi connectivity index (χ2n) is 9.00. The van der Waals surface area contributed by atoms with Gasteiger partial charge in [0.15, 0.2) is 0 Å². The van der Waals surface area contributed by atoms with E-state index in [1.165, 1.54) is 5.56 Å². The van der Waals surface area contributed by atoms with Gasteiger partial charge < -0.3 is 9.64 Å². The number of sulfonamides is 1. The monoisotopic (exact) mass is 479 g/mol. The first kappa shape index (κ1) is 24.4. The van der Waals surface area contributed by atoms with Crippen molar-refractivity contribution in [3.05, 3.63) is 65.2 Å². The molecule has 3 rings (SSSR count). The number of methoxy groups -OCH3 is 1. The van der Waals surface area contributed by atoms with Crippen molar-refractivity contribution in [3.63, 3.8) is 0 Å². The summed E-state index contributed by atoms with van der Waals surface area (Å²) in [5.41, 5.74) is 3.17. The van der Waals surface area contributed by atoms with Gasteiger partial charge in [-0.3, -0.25) is 0 Å². The molecule has 2 amide bonds. The van der Waals surface area contributed by atoms with E-state index in [0.717, 1.165) is 28.1 Å². The molecule has 7 nitrogen and oxygen atoms in total. The summed E-state index contributed by atoms with van der Waals surface area (Å²) in [7, 11) is -2.17. The summed E-state index contributed by atoms with van der Waals surface area (Å²) >= 11 is 6.02. The number of halogens is 1. The van der Waals surface area contributed by atoms with E-state index in [1.54, 1.807) is 12.0 Å². The summed E-state index contributed by atoms with van der Waals surface area (Å²) in [6, 6.07) is 15.0. The molecule has 32 heavy (non-hydrogen) atoms. The molecular formula is C23H30ClN3O4S. The first-order chi connectivity index (χ1) is 14.9. The van der Waals surface area contributed by atoms with Crippen LogP contribution in [0.15, 0.2) is 48.5 Å². The van der Waals surface area contributed by atoms with Crippen LogP contribution in [0.4, 0.5) is 4.79 Å². The van der Waals surface area contributed by atoms with Crippen molar-refractivity contribution in [1.29, 1.82) is 0 Å². The second-order valence-corrected chi connectivity index (χ2v) is 11.3. The van der Waals surface area contributed by atoms with Crippen molar-refractivity contribution < 1.29 is 17.9 Å².